The molecular formula is C18H22N2O. The summed E-state index contributed by atoms with van der Waals surface area (Å²) in [5.74, 6) is 0.905. The number of rotatable bonds is 5. The normalized spacial score (nSPS) is 20.3. The van der Waals surface area contributed by atoms with Gasteiger partial charge in [0.25, 0.3) is 0 Å². The van der Waals surface area contributed by atoms with Crippen LogP contribution in [-0.4, -0.2) is 13.2 Å². The standard InChI is InChI=1S/C18H22N2O/c1-18(12-14-5-3-2-4-6-14)17-11-16(21-10-9-19)8-7-15(17)13-20-18/h2-8,11,20H,9-10,12-13,19H2,1H3. The molecule has 3 nitrogen and oxygen atoms in total. The van der Waals surface area contributed by atoms with E-state index in [0.29, 0.717) is 13.2 Å². The lowest BCUT2D eigenvalue weighted by Gasteiger charge is -2.26. The van der Waals surface area contributed by atoms with Crippen molar-refractivity contribution < 1.29 is 4.74 Å². The van der Waals surface area contributed by atoms with Crippen LogP contribution in [-0.2, 0) is 18.5 Å². The second-order valence-corrected chi connectivity index (χ2v) is 5.80. The number of nitrogens with one attached hydrogen (secondary N) is 1. The smallest absolute Gasteiger partial charge is 0.119 e. The molecule has 3 rings (SSSR count). The minimum absolute atomic E-state index is 0.0429. The summed E-state index contributed by atoms with van der Waals surface area (Å²) < 4.78 is 5.67. The lowest BCUT2D eigenvalue weighted by atomic mass is 9.86. The highest BCUT2D eigenvalue weighted by Gasteiger charge is 2.34. The van der Waals surface area contributed by atoms with E-state index in [0.717, 1.165) is 18.7 Å². The topological polar surface area (TPSA) is 47.3 Å². The van der Waals surface area contributed by atoms with Crippen molar-refractivity contribution in [3.8, 4) is 5.75 Å². The van der Waals surface area contributed by atoms with Gasteiger partial charge in [-0.3, -0.25) is 0 Å². The molecule has 110 valence electrons. The molecule has 0 aliphatic carbocycles. The molecular weight excluding hydrogens is 260 g/mol. The summed E-state index contributed by atoms with van der Waals surface area (Å²) in [7, 11) is 0. The number of hydrogen-bond donors (Lipinski definition) is 2. The van der Waals surface area contributed by atoms with Crippen molar-refractivity contribution in [3.05, 3.63) is 65.2 Å². The van der Waals surface area contributed by atoms with Crippen LogP contribution in [0.1, 0.15) is 23.6 Å². The predicted octanol–water partition coefficient (Wildman–Crippen LogP) is 2.59. The zero-order valence-electron chi connectivity index (χ0n) is 12.4. The Hall–Kier alpha value is -1.84. The van der Waals surface area contributed by atoms with Crippen molar-refractivity contribution in [1.29, 1.82) is 0 Å². The predicted molar refractivity (Wildman–Crippen MR) is 85.3 cm³/mol. The minimum atomic E-state index is -0.0429. The Bertz CT molecular complexity index is 612. The fourth-order valence-electron chi connectivity index (χ4n) is 3.04. The van der Waals surface area contributed by atoms with Crippen LogP contribution in [0.5, 0.6) is 5.75 Å². The summed E-state index contributed by atoms with van der Waals surface area (Å²) >= 11 is 0. The van der Waals surface area contributed by atoms with Gasteiger partial charge in [0.05, 0.1) is 0 Å². The van der Waals surface area contributed by atoms with Crippen molar-refractivity contribution in [1.82, 2.24) is 5.32 Å². The molecule has 3 N–H and O–H groups in total. The maximum atomic E-state index is 5.67. The van der Waals surface area contributed by atoms with Crippen molar-refractivity contribution in [2.75, 3.05) is 13.2 Å². The molecule has 1 atom stereocenters. The Kier molecular flexibility index (Phi) is 3.95. The van der Waals surface area contributed by atoms with Crippen LogP contribution >= 0.6 is 0 Å². The van der Waals surface area contributed by atoms with Gasteiger partial charge < -0.3 is 15.8 Å². The van der Waals surface area contributed by atoms with Gasteiger partial charge in [-0.25, -0.2) is 0 Å². The van der Waals surface area contributed by atoms with Crippen molar-refractivity contribution in [2.24, 2.45) is 5.73 Å². The Morgan fingerprint density at radius 1 is 1.19 bits per heavy atom. The zero-order chi connectivity index (χ0) is 14.7. The molecule has 0 aromatic heterocycles. The summed E-state index contributed by atoms with van der Waals surface area (Å²) in [5.41, 5.74) is 9.49. The van der Waals surface area contributed by atoms with Gasteiger partial charge in [0.1, 0.15) is 12.4 Å². The molecule has 21 heavy (non-hydrogen) atoms. The Balaban J connectivity index is 1.87. The molecule has 0 saturated heterocycles. The maximum absolute atomic E-state index is 5.67. The fraction of sp³-hybridized carbons (Fsp3) is 0.333. The first-order valence-corrected chi connectivity index (χ1v) is 7.46. The monoisotopic (exact) mass is 282 g/mol. The Labute approximate surface area is 126 Å². The van der Waals surface area contributed by atoms with E-state index in [1.54, 1.807) is 0 Å². The van der Waals surface area contributed by atoms with Gasteiger partial charge in [-0.15, -0.1) is 0 Å². The lowest BCUT2D eigenvalue weighted by molar-refractivity contribution is 0.326. The van der Waals surface area contributed by atoms with E-state index in [2.05, 4.69) is 54.7 Å². The molecule has 2 aromatic carbocycles. The molecule has 0 fully saturated rings. The van der Waals surface area contributed by atoms with Gasteiger partial charge in [-0.05, 0) is 42.2 Å². The second kappa shape index (κ2) is 5.88. The molecule has 1 unspecified atom stereocenters. The van der Waals surface area contributed by atoms with Gasteiger partial charge in [0, 0.05) is 18.6 Å². The van der Waals surface area contributed by atoms with E-state index >= 15 is 0 Å². The van der Waals surface area contributed by atoms with Gasteiger partial charge in [-0.2, -0.15) is 0 Å². The second-order valence-electron chi connectivity index (χ2n) is 5.80. The minimum Gasteiger partial charge on any atom is -0.492 e. The van der Waals surface area contributed by atoms with E-state index in [1.165, 1.54) is 16.7 Å². The number of nitrogens with two attached hydrogens (primary N) is 1. The van der Waals surface area contributed by atoms with Crippen LogP contribution < -0.4 is 15.8 Å². The van der Waals surface area contributed by atoms with Crippen LogP contribution in [0.25, 0.3) is 0 Å². The molecule has 0 radical (unpaired) electrons. The first-order chi connectivity index (χ1) is 10.2. The molecule has 0 amide bonds. The summed E-state index contributed by atoms with van der Waals surface area (Å²) in [6, 6.07) is 17.0. The third kappa shape index (κ3) is 2.94. The molecule has 3 heteroatoms. The van der Waals surface area contributed by atoms with E-state index in [-0.39, 0.29) is 5.54 Å². The van der Waals surface area contributed by atoms with Gasteiger partial charge in [0.2, 0.25) is 0 Å². The average Bonchev–Trinajstić information content (AvgIpc) is 2.83. The molecule has 1 aliphatic rings. The highest BCUT2D eigenvalue weighted by Crippen LogP contribution is 2.36. The summed E-state index contributed by atoms with van der Waals surface area (Å²) in [6.45, 7) is 4.27. The number of fused-ring (bicyclic) bond motifs is 1. The van der Waals surface area contributed by atoms with Gasteiger partial charge in [-0.1, -0.05) is 36.4 Å². The van der Waals surface area contributed by atoms with E-state index in [1.807, 2.05) is 6.07 Å². The van der Waals surface area contributed by atoms with Gasteiger partial charge in [0.15, 0.2) is 0 Å². The van der Waals surface area contributed by atoms with Crippen molar-refractivity contribution in [2.45, 2.75) is 25.4 Å². The largest absolute Gasteiger partial charge is 0.492 e. The third-order valence-corrected chi connectivity index (χ3v) is 4.13. The quantitative estimate of drug-likeness (QED) is 0.886. The summed E-state index contributed by atoms with van der Waals surface area (Å²) in [5, 5.41) is 3.65. The lowest BCUT2D eigenvalue weighted by Crippen LogP contribution is -2.35. The zero-order valence-corrected chi connectivity index (χ0v) is 12.4. The first-order valence-electron chi connectivity index (χ1n) is 7.46. The molecule has 0 bridgehead atoms. The van der Waals surface area contributed by atoms with Crippen LogP contribution in [0.3, 0.4) is 0 Å². The van der Waals surface area contributed by atoms with Crippen LogP contribution in [0.15, 0.2) is 48.5 Å². The summed E-state index contributed by atoms with van der Waals surface area (Å²) in [6.07, 6.45) is 0.973. The van der Waals surface area contributed by atoms with E-state index in [4.69, 9.17) is 10.5 Å². The highest BCUT2D eigenvalue weighted by atomic mass is 16.5. The SMILES string of the molecule is CC1(Cc2ccccc2)NCc2ccc(OCCN)cc21. The van der Waals surface area contributed by atoms with Crippen LogP contribution in [0.4, 0.5) is 0 Å². The summed E-state index contributed by atoms with van der Waals surface area (Å²) in [4.78, 5) is 0. The molecule has 2 aromatic rings. The average molecular weight is 282 g/mol. The van der Waals surface area contributed by atoms with Gasteiger partial charge >= 0.3 is 0 Å². The fourth-order valence-corrected chi connectivity index (χ4v) is 3.04. The number of ether oxygens (including phenoxy) is 1. The third-order valence-electron chi connectivity index (χ3n) is 4.13. The van der Waals surface area contributed by atoms with Crippen LogP contribution in [0.2, 0.25) is 0 Å². The molecule has 0 spiro atoms. The number of benzene rings is 2. The molecule has 1 aliphatic heterocycles. The Morgan fingerprint density at radius 3 is 2.76 bits per heavy atom. The van der Waals surface area contributed by atoms with Crippen molar-refractivity contribution >= 4 is 0 Å². The van der Waals surface area contributed by atoms with Crippen LogP contribution in [0, 0.1) is 0 Å². The maximum Gasteiger partial charge on any atom is 0.119 e. The van der Waals surface area contributed by atoms with E-state index in [9.17, 15) is 0 Å². The van der Waals surface area contributed by atoms with Crippen molar-refractivity contribution in [3.63, 3.8) is 0 Å². The number of hydrogen-bond acceptors (Lipinski definition) is 3. The first kappa shape index (κ1) is 14.1. The molecule has 1 heterocycles. The highest BCUT2D eigenvalue weighted by molar-refractivity contribution is 5.44. The molecule has 0 saturated carbocycles. The Morgan fingerprint density at radius 2 is 2.00 bits per heavy atom. The van der Waals surface area contributed by atoms with E-state index < -0.39 is 0 Å².